The highest BCUT2D eigenvalue weighted by Gasteiger charge is 2.05. The summed E-state index contributed by atoms with van der Waals surface area (Å²) in [5.41, 5.74) is 0. The highest BCUT2D eigenvalue weighted by atomic mass is 32.2. The average molecular weight is 268 g/mol. The highest BCUT2D eigenvalue weighted by Crippen LogP contribution is 2.22. The molecule has 1 N–H and O–H groups in total. The molecule has 0 fully saturated rings. The Morgan fingerprint density at radius 2 is 1.89 bits per heavy atom. The topological polar surface area (TPSA) is 46.5 Å². The van der Waals surface area contributed by atoms with Gasteiger partial charge in [-0.05, 0) is 30.2 Å². The van der Waals surface area contributed by atoms with Gasteiger partial charge in [-0.3, -0.25) is 4.79 Å². The number of ether oxygens (including phenoxy) is 1. The van der Waals surface area contributed by atoms with Crippen molar-refractivity contribution in [2.75, 3.05) is 12.4 Å². The van der Waals surface area contributed by atoms with E-state index in [1.807, 2.05) is 24.3 Å². The van der Waals surface area contributed by atoms with E-state index in [4.69, 9.17) is 9.84 Å². The number of hydrogen-bond donors (Lipinski definition) is 1. The van der Waals surface area contributed by atoms with Crippen molar-refractivity contribution >= 4 is 17.7 Å². The summed E-state index contributed by atoms with van der Waals surface area (Å²) in [6.07, 6.45) is 2.26. The molecule has 4 heteroatoms. The first-order valence-corrected chi connectivity index (χ1v) is 7.21. The van der Waals surface area contributed by atoms with E-state index < -0.39 is 5.97 Å². The number of carboxylic acid groups (broad SMARTS) is 1. The van der Waals surface area contributed by atoms with E-state index in [0.717, 1.165) is 30.1 Å². The minimum Gasteiger partial charge on any atom is -0.493 e. The molecule has 1 rings (SSSR count). The van der Waals surface area contributed by atoms with Gasteiger partial charge in [0.05, 0.1) is 12.4 Å². The molecule has 0 spiro atoms. The third-order valence-electron chi connectivity index (χ3n) is 2.83. The monoisotopic (exact) mass is 268 g/mol. The van der Waals surface area contributed by atoms with E-state index in [1.54, 1.807) is 0 Å². The second-order valence-electron chi connectivity index (χ2n) is 4.15. The maximum atomic E-state index is 10.4. The van der Waals surface area contributed by atoms with Crippen LogP contribution in [0.3, 0.4) is 0 Å². The van der Waals surface area contributed by atoms with Gasteiger partial charge in [-0.2, -0.15) is 0 Å². The van der Waals surface area contributed by atoms with E-state index in [1.165, 1.54) is 11.8 Å². The standard InChI is InChI=1S/C14H20O3S/c1-3-11(4-2)9-17-12-5-7-13(8-6-12)18-10-14(15)16/h5-8,11H,3-4,9-10H2,1-2H3,(H,15,16). The van der Waals surface area contributed by atoms with Crippen molar-refractivity contribution in [3.63, 3.8) is 0 Å². The van der Waals surface area contributed by atoms with Crippen molar-refractivity contribution in [1.82, 2.24) is 0 Å². The Morgan fingerprint density at radius 1 is 1.28 bits per heavy atom. The zero-order valence-electron chi connectivity index (χ0n) is 10.9. The van der Waals surface area contributed by atoms with Crippen molar-refractivity contribution in [2.24, 2.45) is 5.92 Å². The van der Waals surface area contributed by atoms with Gasteiger partial charge in [-0.15, -0.1) is 11.8 Å². The van der Waals surface area contributed by atoms with Gasteiger partial charge in [-0.25, -0.2) is 0 Å². The lowest BCUT2D eigenvalue weighted by atomic mass is 10.1. The third-order valence-corrected chi connectivity index (χ3v) is 3.82. The number of rotatable bonds is 8. The molecule has 0 unspecified atom stereocenters. The maximum absolute atomic E-state index is 10.4. The lowest BCUT2D eigenvalue weighted by Crippen LogP contribution is -2.09. The Bertz CT molecular complexity index is 358. The highest BCUT2D eigenvalue weighted by molar-refractivity contribution is 8.00. The molecule has 0 aliphatic carbocycles. The van der Waals surface area contributed by atoms with Crippen LogP contribution >= 0.6 is 11.8 Å². The van der Waals surface area contributed by atoms with Gasteiger partial charge in [0.1, 0.15) is 5.75 Å². The van der Waals surface area contributed by atoms with E-state index in [2.05, 4.69) is 13.8 Å². The molecule has 3 nitrogen and oxygen atoms in total. The Hall–Kier alpha value is -1.16. The molecule has 0 aliphatic rings. The number of carbonyl (C=O) groups is 1. The van der Waals surface area contributed by atoms with E-state index in [9.17, 15) is 4.79 Å². The summed E-state index contributed by atoms with van der Waals surface area (Å²) in [4.78, 5) is 11.4. The predicted octanol–water partition coefficient (Wildman–Crippen LogP) is 3.68. The van der Waals surface area contributed by atoms with Crippen LogP contribution in [0, 0.1) is 5.92 Å². The first-order valence-electron chi connectivity index (χ1n) is 6.23. The van der Waals surface area contributed by atoms with Crippen molar-refractivity contribution in [3.05, 3.63) is 24.3 Å². The summed E-state index contributed by atoms with van der Waals surface area (Å²) in [5.74, 6) is 0.746. The van der Waals surface area contributed by atoms with Gasteiger partial charge >= 0.3 is 5.97 Å². The fourth-order valence-corrected chi connectivity index (χ4v) is 2.13. The fourth-order valence-electron chi connectivity index (χ4n) is 1.52. The Morgan fingerprint density at radius 3 is 2.39 bits per heavy atom. The molecule has 1 aromatic carbocycles. The van der Waals surface area contributed by atoms with Crippen LogP contribution in [0.25, 0.3) is 0 Å². The van der Waals surface area contributed by atoms with Gasteiger partial charge in [0.15, 0.2) is 0 Å². The van der Waals surface area contributed by atoms with Crippen LogP contribution in [0.5, 0.6) is 5.75 Å². The molecule has 0 amide bonds. The summed E-state index contributed by atoms with van der Waals surface area (Å²) in [6, 6.07) is 7.59. The molecule has 0 saturated heterocycles. The van der Waals surface area contributed by atoms with Crippen molar-refractivity contribution < 1.29 is 14.6 Å². The van der Waals surface area contributed by atoms with Gasteiger partial charge in [0.25, 0.3) is 0 Å². The molecule has 0 saturated carbocycles. The third kappa shape index (κ3) is 5.45. The first kappa shape index (κ1) is 14.9. The molecule has 18 heavy (non-hydrogen) atoms. The molecule has 0 radical (unpaired) electrons. The predicted molar refractivity (Wildman–Crippen MR) is 74.4 cm³/mol. The molecule has 0 heterocycles. The second-order valence-corrected chi connectivity index (χ2v) is 5.20. The fraction of sp³-hybridized carbons (Fsp3) is 0.500. The number of carboxylic acids is 1. The van der Waals surface area contributed by atoms with Crippen LogP contribution in [0.1, 0.15) is 26.7 Å². The number of aliphatic carboxylic acids is 1. The van der Waals surface area contributed by atoms with Gasteiger partial charge in [0, 0.05) is 4.90 Å². The first-order chi connectivity index (χ1) is 8.65. The summed E-state index contributed by atoms with van der Waals surface area (Å²) in [7, 11) is 0. The largest absolute Gasteiger partial charge is 0.493 e. The van der Waals surface area contributed by atoms with E-state index in [0.29, 0.717) is 5.92 Å². The number of benzene rings is 1. The molecular weight excluding hydrogens is 248 g/mol. The van der Waals surface area contributed by atoms with Gasteiger partial charge in [-0.1, -0.05) is 26.7 Å². The second kappa shape index (κ2) is 8.03. The van der Waals surface area contributed by atoms with Gasteiger partial charge in [0.2, 0.25) is 0 Å². The van der Waals surface area contributed by atoms with Crippen LogP contribution in [-0.4, -0.2) is 23.4 Å². The molecule has 100 valence electrons. The minimum atomic E-state index is -0.797. The van der Waals surface area contributed by atoms with Crippen LogP contribution in [-0.2, 0) is 4.79 Å². The van der Waals surface area contributed by atoms with Crippen LogP contribution in [0.15, 0.2) is 29.2 Å². The Balaban J connectivity index is 2.42. The Labute approximate surface area is 113 Å². The number of thioether (sulfide) groups is 1. The van der Waals surface area contributed by atoms with E-state index >= 15 is 0 Å². The van der Waals surface area contributed by atoms with Crippen LogP contribution in [0.2, 0.25) is 0 Å². The summed E-state index contributed by atoms with van der Waals surface area (Å²) >= 11 is 1.32. The van der Waals surface area contributed by atoms with Crippen molar-refractivity contribution in [2.45, 2.75) is 31.6 Å². The van der Waals surface area contributed by atoms with Crippen molar-refractivity contribution in [1.29, 1.82) is 0 Å². The van der Waals surface area contributed by atoms with Crippen molar-refractivity contribution in [3.8, 4) is 5.75 Å². The maximum Gasteiger partial charge on any atom is 0.313 e. The van der Waals surface area contributed by atoms with Crippen LogP contribution in [0.4, 0.5) is 0 Å². The molecule has 0 aromatic heterocycles. The SMILES string of the molecule is CCC(CC)COc1ccc(SCC(=O)O)cc1. The summed E-state index contributed by atoms with van der Waals surface area (Å²) in [6.45, 7) is 5.08. The summed E-state index contributed by atoms with van der Waals surface area (Å²) in [5, 5.41) is 8.58. The molecule has 0 bridgehead atoms. The lowest BCUT2D eigenvalue weighted by molar-refractivity contribution is -0.133. The Kier molecular flexibility index (Phi) is 6.65. The van der Waals surface area contributed by atoms with E-state index in [-0.39, 0.29) is 5.75 Å². The number of hydrogen-bond acceptors (Lipinski definition) is 3. The normalized spacial score (nSPS) is 10.6. The quantitative estimate of drug-likeness (QED) is 0.731. The molecule has 0 aliphatic heterocycles. The van der Waals surface area contributed by atoms with Crippen LogP contribution < -0.4 is 4.74 Å². The summed E-state index contributed by atoms with van der Waals surface area (Å²) < 4.78 is 5.70. The molecule has 1 aromatic rings. The lowest BCUT2D eigenvalue weighted by Gasteiger charge is -2.13. The smallest absolute Gasteiger partial charge is 0.313 e. The molecular formula is C14H20O3S. The zero-order chi connectivity index (χ0) is 13.4. The van der Waals surface area contributed by atoms with Gasteiger partial charge < -0.3 is 9.84 Å². The molecule has 0 atom stereocenters. The average Bonchev–Trinajstić information content (AvgIpc) is 2.39. The zero-order valence-corrected chi connectivity index (χ0v) is 11.7. The minimum absolute atomic E-state index is 0.0912.